The number of carbonyl (C=O) groups is 1. The van der Waals surface area contributed by atoms with E-state index >= 15 is 0 Å². The molecule has 1 N–H and O–H groups in total. The van der Waals surface area contributed by atoms with Gasteiger partial charge in [-0.2, -0.15) is 0 Å². The summed E-state index contributed by atoms with van der Waals surface area (Å²) in [6.45, 7) is 3.43. The highest BCUT2D eigenvalue weighted by Gasteiger charge is 2.01. The molecule has 4 heteroatoms. The maximum absolute atomic E-state index is 11.6. The second-order valence-electron chi connectivity index (χ2n) is 4.37. The van der Waals surface area contributed by atoms with E-state index in [0.29, 0.717) is 12.3 Å². The fourth-order valence-corrected chi connectivity index (χ4v) is 1.68. The molecule has 0 saturated heterocycles. The quantitative estimate of drug-likeness (QED) is 0.861. The number of ether oxygens (including phenoxy) is 1. The minimum Gasteiger partial charge on any atom is -0.484 e. The van der Waals surface area contributed by atoms with Crippen molar-refractivity contribution >= 4 is 5.91 Å². The number of aromatic nitrogens is 1. The lowest BCUT2D eigenvalue weighted by Gasteiger charge is -2.08. The Bertz CT molecular complexity index is 503. The van der Waals surface area contributed by atoms with E-state index in [0.717, 1.165) is 6.54 Å². The van der Waals surface area contributed by atoms with Gasteiger partial charge in [-0.1, -0.05) is 17.7 Å². The highest BCUT2D eigenvalue weighted by atomic mass is 16.5. The van der Waals surface area contributed by atoms with E-state index in [2.05, 4.69) is 5.32 Å². The smallest absolute Gasteiger partial charge is 0.258 e. The van der Waals surface area contributed by atoms with E-state index in [1.54, 1.807) is 0 Å². The molecule has 0 saturated carbocycles. The van der Waals surface area contributed by atoms with Crippen molar-refractivity contribution in [3.05, 3.63) is 54.4 Å². The van der Waals surface area contributed by atoms with Crippen LogP contribution in [0, 0.1) is 6.92 Å². The van der Waals surface area contributed by atoms with Crippen LogP contribution in [0.4, 0.5) is 0 Å². The molecule has 100 valence electrons. The molecule has 0 bridgehead atoms. The Balaban J connectivity index is 1.65. The van der Waals surface area contributed by atoms with Gasteiger partial charge in [0.1, 0.15) is 5.75 Å². The van der Waals surface area contributed by atoms with Crippen molar-refractivity contribution in [2.75, 3.05) is 13.2 Å². The summed E-state index contributed by atoms with van der Waals surface area (Å²) in [6.07, 6.45) is 3.93. The maximum Gasteiger partial charge on any atom is 0.258 e. The number of hydrogen-bond donors (Lipinski definition) is 1. The first kappa shape index (κ1) is 13.2. The lowest BCUT2D eigenvalue weighted by molar-refractivity contribution is -0.123. The van der Waals surface area contributed by atoms with Gasteiger partial charge in [0, 0.05) is 25.5 Å². The maximum atomic E-state index is 11.6. The zero-order chi connectivity index (χ0) is 13.5. The zero-order valence-electron chi connectivity index (χ0n) is 11.0. The molecular weight excluding hydrogens is 240 g/mol. The zero-order valence-corrected chi connectivity index (χ0v) is 11.0. The average molecular weight is 258 g/mol. The number of carbonyl (C=O) groups excluding carboxylic acids is 1. The van der Waals surface area contributed by atoms with E-state index in [-0.39, 0.29) is 12.5 Å². The van der Waals surface area contributed by atoms with Crippen LogP contribution >= 0.6 is 0 Å². The number of aryl methyl sites for hydroxylation is 1. The van der Waals surface area contributed by atoms with Crippen LogP contribution in [0.25, 0.3) is 0 Å². The number of hydrogen-bond acceptors (Lipinski definition) is 2. The van der Waals surface area contributed by atoms with E-state index in [4.69, 9.17) is 4.74 Å². The van der Waals surface area contributed by atoms with Crippen LogP contribution in [0.1, 0.15) is 5.56 Å². The molecule has 1 amide bonds. The summed E-state index contributed by atoms with van der Waals surface area (Å²) in [4.78, 5) is 11.6. The van der Waals surface area contributed by atoms with Gasteiger partial charge in [-0.25, -0.2) is 0 Å². The molecule has 4 nitrogen and oxygen atoms in total. The van der Waals surface area contributed by atoms with Gasteiger partial charge >= 0.3 is 0 Å². The van der Waals surface area contributed by atoms with Crippen LogP contribution < -0.4 is 10.1 Å². The van der Waals surface area contributed by atoms with E-state index in [1.807, 2.05) is 60.3 Å². The van der Waals surface area contributed by atoms with Gasteiger partial charge in [-0.15, -0.1) is 0 Å². The number of nitrogens with one attached hydrogen (secondary N) is 1. The average Bonchev–Trinajstić information content (AvgIpc) is 2.91. The van der Waals surface area contributed by atoms with Crippen molar-refractivity contribution in [3.63, 3.8) is 0 Å². The fraction of sp³-hybridized carbons (Fsp3) is 0.267. The van der Waals surface area contributed by atoms with Crippen LogP contribution in [0.2, 0.25) is 0 Å². The van der Waals surface area contributed by atoms with Gasteiger partial charge in [0.2, 0.25) is 0 Å². The first-order chi connectivity index (χ1) is 9.24. The highest BCUT2D eigenvalue weighted by Crippen LogP contribution is 2.10. The molecule has 0 spiro atoms. The van der Waals surface area contributed by atoms with Gasteiger partial charge in [0.15, 0.2) is 6.61 Å². The first-order valence-electron chi connectivity index (χ1n) is 6.31. The molecule has 0 atom stereocenters. The first-order valence-corrected chi connectivity index (χ1v) is 6.31. The molecule has 1 heterocycles. The lowest BCUT2D eigenvalue weighted by atomic mass is 10.2. The Morgan fingerprint density at radius 3 is 2.58 bits per heavy atom. The van der Waals surface area contributed by atoms with Crippen molar-refractivity contribution in [2.24, 2.45) is 0 Å². The Labute approximate surface area is 113 Å². The largest absolute Gasteiger partial charge is 0.484 e. The van der Waals surface area contributed by atoms with Crippen molar-refractivity contribution < 1.29 is 9.53 Å². The minimum atomic E-state index is -0.104. The highest BCUT2D eigenvalue weighted by molar-refractivity contribution is 5.77. The topological polar surface area (TPSA) is 43.3 Å². The predicted octanol–water partition coefficient (Wildman–Crippen LogP) is 1.99. The predicted molar refractivity (Wildman–Crippen MR) is 74.1 cm³/mol. The standard InChI is InChI=1S/C15H18N2O2/c1-13-4-6-14(7-5-13)19-12-15(18)16-8-11-17-9-2-3-10-17/h2-7,9-10H,8,11-12H2,1H3,(H,16,18). The van der Waals surface area contributed by atoms with Gasteiger partial charge in [0.25, 0.3) is 5.91 Å². The third-order valence-electron chi connectivity index (χ3n) is 2.75. The van der Waals surface area contributed by atoms with Crippen LogP contribution in [0.3, 0.4) is 0 Å². The SMILES string of the molecule is Cc1ccc(OCC(=O)NCCn2cccc2)cc1. The molecule has 0 radical (unpaired) electrons. The number of nitrogens with zero attached hydrogens (tertiary/aromatic N) is 1. The van der Waals surface area contributed by atoms with Crippen LogP contribution in [-0.2, 0) is 11.3 Å². The van der Waals surface area contributed by atoms with Crippen LogP contribution in [-0.4, -0.2) is 23.6 Å². The van der Waals surface area contributed by atoms with Gasteiger partial charge < -0.3 is 14.6 Å². The summed E-state index contributed by atoms with van der Waals surface area (Å²) in [7, 11) is 0. The van der Waals surface area contributed by atoms with E-state index in [9.17, 15) is 4.79 Å². The van der Waals surface area contributed by atoms with Crippen LogP contribution in [0.15, 0.2) is 48.8 Å². The Morgan fingerprint density at radius 2 is 1.89 bits per heavy atom. The number of amides is 1. The van der Waals surface area contributed by atoms with Crippen molar-refractivity contribution in [1.29, 1.82) is 0 Å². The molecule has 2 rings (SSSR count). The van der Waals surface area contributed by atoms with E-state index < -0.39 is 0 Å². The summed E-state index contributed by atoms with van der Waals surface area (Å²) in [5, 5.41) is 2.82. The summed E-state index contributed by atoms with van der Waals surface area (Å²) in [6, 6.07) is 11.6. The Kier molecular flexibility index (Phi) is 4.61. The van der Waals surface area contributed by atoms with Crippen molar-refractivity contribution in [3.8, 4) is 5.75 Å². The molecule has 1 aromatic heterocycles. The third kappa shape index (κ3) is 4.50. The molecule has 0 aliphatic carbocycles. The second-order valence-corrected chi connectivity index (χ2v) is 4.37. The fourth-order valence-electron chi connectivity index (χ4n) is 1.68. The molecule has 19 heavy (non-hydrogen) atoms. The van der Waals surface area contributed by atoms with Gasteiger partial charge in [-0.05, 0) is 31.2 Å². The Hall–Kier alpha value is -2.23. The number of rotatable bonds is 6. The normalized spacial score (nSPS) is 10.2. The molecule has 0 aliphatic heterocycles. The molecule has 1 aromatic carbocycles. The second kappa shape index (κ2) is 6.64. The van der Waals surface area contributed by atoms with Crippen LogP contribution in [0.5, 0.6) is 5.75 Å². The number of benzene rings is 1. The molecule has 0 unspecified atom stereocenters. The summed E-state index contributed by atoms with van der Waals surface area (Å²) >= 11 is 0. The summed E-state index contributed by atoms with van der Waals surface area (Å²) in [5.74, 6) is 0.610. The lowest BCUT2D eigenvalue weighted by Crippen LogP contribution is -2.31. The molecule has 0 aliphatic rings. The summed E-state index contributed by atoms with van der Waals surface area (Å²) in [5.41, 5.74) is 1.17. The minimum absolute atomic E-state index is 0.0503. The van der Waals surface area contributed by atoms with Crippen molar-refractivity contribution in [1.82, 2.24) is 9.88 Å². The molecule has 2 aromatic rings. The molecular formula is C15H18N2O2. The Morgan fingerprint density at radius 1 is 1.21 bits per heavy atom. The summed E-state index contributed by atoms with van der Waals surface area (Å²) < 4.78 is 7.41. The van der Waals surface area contributed by atoms with E-state index in [1.165, 1.54) is 5.56 Å². The van der Waals surface area contributed by atoms with Gasteiger partial charge in [0.05, 0.1) is 0 Å². The third-order valence-corrected chi connectivity index (χ3v) is 2.75. The van der Waals surface area contributed by atoms with Crippen molar-refractivity contribution in [2.45, 2.75) is 13.5 Å². The van der Waals surface area contributed by atoms with Gasteiger partial charge in [-0.3, -0.25) is 4.79 Å². The monoisotopic (exact) mass is 258 g/mol. The molecule has 0 fully saturated rings.